The van der Waals surface area contributed by atoms with E-state index in [0.29, 0.717) is 13.0 Å². The van der Waals surface area contributed by atoms with Gasteiger partial charge in [-0.1, -0.05) is 56.4 Å². The molecule has 2 fully saturated rings. The molecule has 1 aliphatic carbocycles. The second-order valence-corrected chi connectivity index (χ2v) is 8.57. The Labute approximate surface area is 165 Å². The molecule has 27 heavy (non-hydrogen) atoms. The average Bonchev–Trinajstić information content (AvgIpc) is 2.69. The van der Waals surface area contributed by atoms with Crippen molar-refractivity contribution >= 4 is 5.91 Å². The van der Waals surface area contributed by atoms with Crippen molar-refractivity contribution in [2.24, 2.45) is 5.92 Å². The lowest BCUT2D eigenvalue weighted by Crippen LogP contribution is -2.43. The smallest absolute Gasteiger partial charge is 0.220 e. The van der Waals surface area contributed by atoms with E-state index in [1.54, 1.807) is 0 Å². The Morgan fingerprint density at radius 2 is 1.81 bits per heavy atom. The Balaban J connectivity index is 1.35. The number of benzene rings is 1. The zero-order valence-electron chi connectivity index (χ0n) is 17.1. The highest BCUT2D eigenvalue weighted by molar-refractivity contribution is 5.75. The fourth-order valence-electron chi connectivity index (χ4n) is 4.42. The van der Waals surface area contributed by atoms with Crippen molar-refractivity contribution in [3.8, 4) is 0 Å². The molecule has 1 aromatic rings. The summed E-state index contributed by atoms with van der Waals surface area (Å²) in [6.07, 6.45) is 9.89. The van der Waals surface area contributed by atoms with Crippen LogP contribution in [0, 0.1) is 5.92 Å². The van der Waals surface area contributed by atoms with Gasteiger partial charge in [-0.2, -0.15) is 0 Å². The predicted octanol–water partition coefficient (Wildman–Crippen LogP) is 3.80. The van der Waals surface area contributed by atoms with Gasteiger partial charge in [-0.25, -0.2) is 0 Å². The number of amides is 1. The molecule has 1 saturated heterocycles. The minimum atomic E-state index is 0.204. The van der Waals surface area contributed by atoms with Crippen molar-refractivity contribution < 1.29 is 4.79 Å². The van der Waals surface area contributed by atoms with Gasteiger partial charge in [-0.15, -0.1) is 0 Å². The Hall–Kier alpha value is -1.39. The van der Waals surface area contributed by atoms with E-state index in [1.165, 1.54) is 49.7 Å². The molecule has 4 heteroatoms. The van der Waals surface area contributed by atoms with E-state index in [4.69, 9.17) is 0 Å². The fourth-order valence-corrected chi connectivity index (χ4v) is 4.42. The van der Waals surface area contributed by atoms with Crippen LogP contribution in [-0.2, 0) is 17.9 Å². The molecule has 2 aliphatic rings. The SMILES string of the molecule is CN1CCN(Cc2cccc(CNC(=O)CCCC3CCCCC3)c2)CC1. The third-order valence-corrected chi connectivity index (χ3v) is 6.22. The molecule has 0 aromatic heterocycles. The van der Waals surface area contributed by atoms with Gasteiger partial charge in [0.2, 0.25) is 5.91 Å². The number of rotatable bonds is 8. The topological polar surface area (TPSA) is 35.6 Å². The lowest BCUT2D eigenvalue weighted by Gasteiger charge is -2.32. The van der Waals surface area contributed by atoms with Crippen LogP contribution >= 0.6 is 0 Å². The van der Waals surface area contributed by atoms with Gasteiger partial charge in [0.05, 0.1) is 0 Å². The predicted molar refractivity (Wildman–Crippen MR) is 111 cm³/mol. The monoisotopic (exact) mass is 371 g/mol. The molecule has 1 aromatic carbocycles. The molecule has 0 unspecified atom stereocenters. The highest BCUT2D eigenvalue weighted by Gasteiger charge is 2.15. The normalized spacial score (nSPS) is 19.9. The number of hydrogen-bond donors (Lipinski definition) is 1. The van der Waals surface area contributed by atoms with Crippen molar-refractivity contribution in [3.05, 3.63) is 35.4 Å². The van der Waals surface area contributed by atoms with Crippen LogP contribution in [0.4, 0.5) is 0 Å². The largest absolute Gasteiger partial charge is 0.352 e. The average molecular weight is 372 g/mol. The standard InChI is InChI=1S/C23H37N3O/c1-25-13-15-26(16-14-25)19-22-11-5-10-21(17-22)18-24-23(27)12-6-9-20-7-3-2-4-8-20/h5,10-11,17,20H,2-4,6-9,12-16,18-19H2,1H3,(H,24,27). The van der Waals surface area contributed by atoms with Crippen LogP contribution in [0.25, 0.3) is 0 Å². The number of likely N-dealkylation sites (N-methyl/N-ethyl adjacent to an activating group) is 1. The first-order chi connectivity index (χ1) is 13.2. The van der Waals surface area contributed by atoms with Crippen molar-refractivity contribution in [2.75, 3.05) is 33.2 Å². The highest BCUT2D eigenvalue weighted by atomic mass is 16.1. The van der Waals surface area contributed by atoms with Crippen molar-refractivity contribution in [1.82, 2.24) is 15.1 Å². The van der Waals surface area contributed by atoms with Gasteiger partial charge in [-0.3, -0.25) is 9.69 Å². The Morgan fingerprint density at radius 1 is 1.07 bits per heavy atom. The fraction of sp³-hybridized carbons (Fsp3) is 0.696. The summed E-state index contributed by atoms with van der Waals surface area (Å²) in [7, 11) is 2.19. The molecule has 1 N–H and O–H groups in total. The van der Waals surface area contributed by atoms with Crippen LogP contribution in [0.15, 0.2) is 24.3 Å². The third kappa shape index (κ3) is 7.27. The summed E-state index contributed by atoms with van der Waals surface area (Å²) in [5.74, 6) is 1.08. The van der Waals surface area contributed by atoms with E-state index < -0.39 is 0 Å². The lowest BCUT2D eigenvalue weighted by molar-refractivity contribution is -0.121. The maximum Gasteiger partial charge on any atom is 0.220 e. The number of nitrogens with one attached hydrogen (secondary N) is 1. The van der Waals surface area contributed by atoms with E-state index in [9.17, 15) is 4.79 Å². The molecule has 0 atom stereocenters. The number of carbonyl (C=O) groups is 1. The van der Waals surface area contributed by atoms with Crippen LogP contribution in [0.5, 0.6) is 0 Å². The number of piperazine rings is 1. The summed E-state index contributed by atoms with van der Waals surface area (Å²) in [5, 5.41) is 3.11. The molecule has 1 amide bonds. The quantitative estimate of drug-likeness (QED) is 0.755. The van der Waals surface area contributed by atoms with Crippen molar-refractivity contribution in [3.63, 3.8) is 0 Å². The van der Waals surface area contributed by atoms with Gasteiger partial charge in [0, 0.05) is 45.7 Å². The maximum absolute atomic E-state index is 12.2. The number of carbonyl (C=O) groups excluding carboxylic acids is 1. The molecule has 0 spiro atoms. The summed E-state index contributed by atoms with van der Waals surface area (Å²) >= 11 is 0. The summed E-state index contributed by atoms with van der Waals surface area (Å²) in [4.78, 5) is 17.1. The van der Waals surface area contributed by atoms with Crippen LogP contribution in [0.1, 0.15) is 62.5 Å². The van der Waals surface area contributed by atoms with E-state index in [-0.39, 0.29) is 5.91 Å². The highest BCUT2D eigenvalue weighted by Crippen LogP contribution is 2.27. The lowest BCUT2D eigenvalue weighted by atomic mass is 9.86. The first kappa shape index (κ1) is 20.3. The maximum atomic E-state index is 12.2. The van der Waals surface area contributed by atoms with Gasteiger partial charge in [-0.05, 0) is 36.9 Å². The van der Waals surface area contributed by atoms with Crippen LogP contribution < -0.4 is 5.32 Å². The number of hydrogen-bond acceptors (Lipinski definition) is 3. The first-order valence-electron chi connectivity index (χ1n) is 10.9. The van der Waals surface area contributed by atoms with Gasteiger partial charge in [0.15, 0.2) is 0 Å². The van der Waals surface area contributed by atoms with Crippen LogP contribution in [0.3, 0.4) is 0 Å². The minimum absolute atomic E-state index is 0.204. The van der Waals surface area contributed by atoms with E-state index in [1.807, 2.05) is 0 Å². The first-order valence-corrected chi connectivity index (χ1v) is 10.9. The summed E-state index contributed by atoms with van der Waals surface area (Å²) in [6.45, 7) is 6.24. The summed E-state index contributed by atoms with van der Waals surface area (Å²) < 4.78 is 0. The van der Waals surface area contributed by atoms with Crippen molar-refractivity contribution in [1.29, 1.82) is 0 Å². The molecule has 150 valence electrons. The molecule has 1 saturated carbocycles. The molecule has 1 heterocycles. The number of nitrogens with zero attached hydrogens (tertiary/aromatic N) is 2. The Bertz CT molecular complexity index is 575. The second kappa shape index (κ2) is 10.8. The molecule has 0 bridgehead atoms. The van der Waals surface area contributed by atoms with E-state index >= 15 is 0 Å². The molecule has 3 rings (SSSR count). The van der Waals surface area contributed by atoms with Crippen molar-refractivity contribution in [2.45, 2.75) is 64.5 Å². The molecular formula is C23H37N3O. The summed E-state index contributed by atoms with van der Waals surface area (Å²) in [6, 6.07) is 8.69. The second-order valence-electron chi connectivity index (χ2n) is 8.57. The Morgan fingerprint density at radius 3 is 2.59 bits per heavy atom. The molecular weight excluding hydrogens is 334 g/mol. The van der Waals surface area contributed by atoms with Gasteiger partial charge < -0.3 is 10.2 Å². The zero-order valence-corrected chi connectivity index (χ0v) is 17.1. The van der Waals surface area contributed by atoms with Gasteiger partial charge in [0.25, 0.3) is 0 Å². The van der Waals surface area contributed by atoms with E-state index in [2.05, 4.69) is 46.4 Å². The molecule has 0 radical (unpaired) electrons. The van der Waals surface area contributed by atoms with Crippen LogP contribution in [0.2, 0.25) is 0 Å². The van der Waals surface area contributed by atoms with Gasteiger partial charge in [0.1, 0.15) is 0 Å². The molecule has 4 nitrogen and oxygen atoms in total. The van der Waals surface area contributed by atoms with Gasteiger partial charge >= 0.3 is 0 Å². The zero-order chi connectivity index (χ0) is 18.9. The molecule has 1 aliphatic heterocycles. The third-order valence-electron chi connectivity index (χ3n) is 6.22. The van der Waals surface area contributed by atoms with Crippen LogP contribution in [-0.4, -0.2) is 48.9 Å². The van der Waals surface area contributed by atoms with E-state index in [0.717, 1.165) is 45.1 Å². The minimum Gasteiger partial charge on any atom is -0.352 e. The summed E-state index contributed by atoms with van der Waals surface area (Å²) in [5.41, 5.74) is 2.56. The Kier molecular flexibility index (Phi) is 8.15.